The highest BCUT2D eigenvalue weighted by atomic mass is 19.1. The molecule has 0 unspecified atom stereocenters. The molecule has 0 aliphatic heterocycles. The molecule has 3 nitrogen and oxygen atoms in total. The van der Waals surface area contributed by atoms with E-state index in [-0.39, 0.29) is 5.56 Å². The number of nitrogens with zero attached hydrogens (tertiary/aromatic N) is 3. The van der Waals surface area contributed by atoms with Crippen LogP contribution in [-0.4, -0.2) is 25.3 Å². The van der Waals surface area contributed by atoms with E-state index < -0.39 is 5.82 Å². The van der Waals surface area contributed by atoms with Gasteiger partial charge in [0.2, 0.25) is 0 Å². The highest BCUT2D eigenvalue weighted by Gasteiger charge is 2.05. The summed E-state index contributed by atoms with van der Waals surface area (Å²) < 4.78 is 13.1. The molecule has 1 aromatic rings. The Labute approximate surface area is 82.1 Å². The molecular weight excluding hydrogens is 181 g/mol. The maximum absolute atomic E-state index is 13.1. The minimum Gasteiger partial charge on any atom is -0.369 e. The highest BCUT2D eigenvalue weighted by molar-refractivity contribution is 5.64. The minimum absolute atomic E-state index is 0.0226. The van der Waals surface area contributed by atoms with Crippen LogP contribution in [0.4, 0.5) is 10.1 Å². The second kappa shape index (κ2) is 4.38. The third-order valence-corrected chi connectivity index (χ3v) is 1.53. The van der Waals surface area contributed by atoms with Crippen molar-refractivity contribution in [3.63, 3.8) is 0 Å². The summed E-state index contributed by atoms with van der Waals surface area (Å²) >= 11 is 0. The Kier molecular flexibility index (Phi) is 3.19. The largest absolute Gasteiger partial charge is 0.369 e. The zero-order valence-electron chi connectivity index (χ0n) is 8.03. The van der Waals surface area contributed by atoms with E-state index in [2.05, 4.69) is 4.99 Å². The van der Waals surface area contributed by atoms with Gasteiger partial charge < -0.3 is 4.90 Å². The Hall–Kier alpha value is -1.89. The summed E-state index contributed by atoms with van der Waals surface area (Å²) in [6.45, 7) is 0. The van der Waals surface area contributed by atoms with Crippen molar-refractivity contribution >= 4 is 12.0 Å². The summed E-state index contributed by atoms with van der Waals surface area (Å²) in [6.07, 6.45) is 1.52. The Morgan fingerprint density at radius 2 is 2.21 bits per heavy atom. The maximum atomic E-state index is 13.1. The second-order valence-electron chi connectivity index (χ2n) is 2.95. The Morgan fingerprint density at radius 3 is 2.79 bits per heavy atom. The molecule has 0 spiro atoms. The van der Waals surface area contributed by atoms with E-state index in [9.17, 15) is 4.39 Å². The van der Waals surface area contributed by atoms with Gasteiger partial charge in [0.25, 0.3) is 0 Å². The standard InChI is InChI=1S/C10H10FN3/c1-14(2)7-13-10-5-3-4-9(11)8(10)6-12/h3-5,7H,1-2H3. The lowest BCUT2D eigenvalue weighted by Gasteiger charge is -2.03. The molecule has 0 bridgehead atoms. The van der Waals surface area contributed by atoms with Crippen LogP contribution < -0.4 is 0 Å². The molecule has 0 aromatic heterocycles. The third kappa shape index (κ3) is 2.30. The maximum Gasteiger partial charge on any atom is 0.143 e. The summed E-state index contributed by atoms with van der Waals surface area (Å²) in [5.41, 5.74) is 0.326. The molecule has 72 valence electrons. The van der Waals surface area contributed by atoms with E-state index in [0.29, 0.717) is 5.69 Å². The molecular formula is C10H10FN3. The minimum atomic E-state index is -0.541. The van der Waals surface area contributed by atoms with Crippen molar-refractivity contribution in [1.29, 1.82) is 5.26 Å². The van der Waals surface area contributed by atoms with Crippen LogP contribution in [0, 0.1) is 17.1 Å². The monoisotopic (exact) mass is 191 g/mol. The van der Waals surface area contributed by atoms with E-state index in [1.54, 1.807) is 31.1 Å². The van der Waals surface area contributed by atoms with Gasteiger partial charge in [0, 0.05) is 14.1 Å². The van der Waals surface area contributed by atoms with Crippen molar-refractivity contribution in [1.82, 2.24) is 4.90 Å². The van der Waals surface area contributed by atoms with Gasteiger partial charge in [-0.25, -0.2) is 9.38 Å². The average molecular weight is 191 g/mol. The lowest BCUT2D eigenvalue weighted by molar-refractivity contribution is 0.623. The summed E-state index contributed by atoms with van der Waals surface area (Å²) in [6, 6.07) is 6.15. The van der Waals surface area contributed by atoms with Gasteiger partial charge in [-0.3, -0.25) is 0 Å². The predicted octanol–water partition coefficient (Wildman–Crippen LogP) is 1.92. The van der Waals surface area contributed by atoms with Crippen LogP contribution in [0.15, 0.2) is 23.2 Å². The number of halogens is 1. The molecule has 0 saturated heterocycles. The smallest absolute Gasteiger partial charge is 0.143 e. The van der Waals surface area contributed by atoms with E-state index in [1.165, 1.54) is 18.5 Å². The van der Waals surface area contributed by atoms with Crippen molar-refractivity contribution in [2.45, 2.75) is 0 Å². The van der Waals surface area contributed by atoms with Crippen LogP contribution in [-0.2, 0) is 0 Å². The SMILES string of the molecule is CN(C)C=Nc1cccc(F)c1C#N. The van der Waals surface area contributed by atoms with Gasteiger partial charge in [0.05, 0.1) is 12.0 Å². The molecule has 0 aliphatic carbocycles. The van der Waals surface area contributed by atoms with Gasteiger partial charge in [0.15, 0.2) is 0 Å². The van der Waals surface area contributed by atoms with Gasteiger partial charge in [-0.2, -0.15) is 5.26 Å². The number of benzene rings is 1. The molecule has 0 N–H and O–H groups in total. The fourth-order valence-electron chi connectivity index (χ4n) is 0.909. The highest BCUT2D eigenvalue weighted by Crippen LogP contribution is 2.20. The van der Waals surface area contributed by atoms with E-state index in [0.717, 1.165) is 0 Å². The first-order valence-electron chi connectivity index (χ1n) is 4.04. The predicted molar refractivity (Wildman–Crippen MR) is 53.0 cm³/mol. The molecule has 1 rings (SSSR count). The Bertz CT molecular complexity index is 391. The summed E-state index contributed by atoms with van der Waals surface area (Å²) in [5, 5.41) is 8.69. The van der Waals surface area contributed by atoms with Gasteiger partial charge >= 0.3 is 0 Å². The van der Waals surface area contributed by atoms with E-state index in [1.807, 2.05) is 0 Å². The van der Waals surface area contributed by atoms with E-state index >= 15 is 0 Å². The summed E-state index contributed by atoms with van der Waals surface area (Å²) in [5.74, 6) is -0.541. The van der Waals surface area contributed by atoms with Crippen molar-refractivity contribution in [3.8, 4) is 6.07 Å². The molecule has 0 saturated carbocycles. The first-order valence-corrected chi connectivity index (χ1v) is 4.04. The van der Waals surface area contributed by atoms with Gasteiger partial charge in [0.1, 0.15) is 17.4 Å². The number of aliphatic imine (C=N–C) groups is 1. The number of hydrogen-bond donors (Lipinski definition) is 0. The van der Waals surface area contributed by atoms with Crippen molar-refractivity contribution < 1.29 is 4.39 Å². The van der Waals surface area contributed by atoms with Crippen LogP contribution in [0.25, 0.3) is 0 Å². The lowest BCUT2D eigenvalue weighted by atomic mass is 10.2. The first kappa shape index (κ1) is 10.2. The Balaban J connectivity index is 3.10. The van der Waals surface area contributed by atoms with Crippen molar-refractivity contribution in [2.75, 3.05) is 14.1 Å². The fraction of sp³-hybridized carbons (Fsp3) is 0.200. The van der Waals surface area contributed by atoms with Crippen molar-refractivity contribution in [2.24, 2.45) is 4.99 Å². The quantitative estimate of drug-likeness (QED) is 0.529. The van der Waals surface area contributed by atoms with E-state index in [4.69, 9.17) is 5.26 Å². The zero-order valence-corrected chi connectivity index (χ0v) is 8.03. The topological polar surface area (TPSA) is 39.4 Å². The van der Waals surface area contributed by atoms with Crippen LogP contribution in [0.2, 0.25) is 0 Å². The number of hydrogen-bond acceptors (Lipinski definition) is 2. The van der Waals surface area contributed by atoms with Gasteiger partial charge in [-0.15, -0.1) is 0 Å². The van der Waals surface area contributed by atoms with Crippen LogP contribution in [0.3, 0.4) is 0 Å². The summed E-state index contributed by atoms with van der Waals surface area (Å²) in [4.78, 5) is 5.69. The van der Waals surface area contributed by atoms with Crippen LogP contribution in [0.1, 0.15) is 5.56 Å². The molecule has 0 fully saturated rings. The molecule has 0 aliphatic rings. The van der Waals surface area contributed by atoms with Gasteiger partial charge in [-0.1, -0.05) is 6.07 Å². The first-order chi connectivity index (χ1) is 6.65. The molecule has 0 atom stereocenters. The summed E-state index contributed by atoms with van der Waals surface area (Å²) in [7, 11) is 3.60. The fourth-order valence-corrected chi connectivity index (χ4v) is 0.909. The zero-order chi connectivity index (χ0) is 10.6. The van der Waals surface area contributed by atoms with Crippen LogP contribution in [0.5, 0.6) is 0 Å². The normalized spacial score (nSPS) is 10.1. The molecule has 1 aromatic carbocycles. The van der Waals surface area contributed by atoms with Crippen molar-refractivity contribution in [3.05, 3.63) is 29.6 Å². The lowest BCUT2D eigenvalue weighted by Crippen LogP contribution is -2.07. The molecule has 4 heteroatoms. The molecule has 0 heterocycles. The Morgan fingerprint density at radius 1 is 1.50 bits per heavy atom. The molecule has 0 radical (unpaired) electrons. The molecule has 0 amide bonds. The second-order valence-corrected chi connectivity index (χ2v) is 2.95. The number of nitriles is 1. The molecule has 14 heavy (non-hydrogen) atoms. The number of rotatable bonds is 2. The third-order valence-electron chi connectivity index (χ3n) is 1.53. The van der Waals surface area contributed by atoms with Gasteiger partial charge in [-0.05, 0) is 12.1 Å². The average Bonchev–Trinajstić information content (AvgIpc) is 2.14. The van der Waals surface area contributed by atoms with Crippen LogP contribution >= 0.6 is 0 Å².